The van der Waals surface area contributed by atoms with E-state index >= 15 is 0 Å². The van der Waals surface area contributed by atoms with Crippen LogP contribution < -0.4 is 14.8 Å². The summed E-state index contributed by atoms with van der Waals surface area (Å²) in [5.41, 5.74) is 2.50. The summed E-state index contributed by atoms with van der Waals surface area (Å²) in [6, 6.07) is 24.2. The summed E-state index contributed by atoms with van der Waals surface area (Å²) >= 11 is 5.93. The molecule has 4 rings (SSSR count). The van der Waals surface area contributed by atoms with Crippen LogP contribution in [0.4, 0.5) is 5.82 Å². The maximum absolute atomic E-state index is 12.7. The van der Waals surface area contributed by atoms with E-state index in [-0.39, 0.29) is 5.91 Å². The highest BCUT2D eigenvalue weighted by atomic mass is 35.5. The van der Waals surface area contributed by atoms with Crippen LogP contribution >= 0.6 is 11.6 Å². The Hall–Kier alpha value is -3.77. The van der Waals surface area contributed by atoms with E-state index < -0.39 is 0 Å². The molecule has 0 fully saturated rings. The minimum absolute atomic E-state index is 0.227. The number of carbonyl (C=O) groups excluding carboxylic acids is 1. The van der Waals surface area contributed by atoms with Crippen molar-refractivity contribution in [3.8, 4) is 11.5 Å². The highest BCUT2D eigenvalue weighted by Crippen LogP contribution is 2.19. The zero-order valence-corrected chi connectivity index (χ0v) is 19.0. The van der Waals surface area contributed by atoms with E-state index in [0.29, 0.717) is 36.2 Å². The summed E-state index contributed by atoms with van der Waals surface area (Å²) in [6.07, 6.45) is 1.82. The molecule has 0 aliphatic heterocycles. The fourth-order valence-electron chi connectivity index (χ4n) is 3.25. The van der Waals surface area contributed by atoms with Gasteiger partial charge in [-0.25, -0.2) is 0 Å². The van der Waals surface area contributed by atoms with Gasteiger partial charge in [-0.1, -0.05) is 35.9 Å². The molecule has 1 amide bonds. The molecule has 0 aliphatic carbocycles. The lowest BCUT2D eigenvalue weighted by Gasteiger charge is -2.09. The third-order valence-electron chi connectivity index (χ3n) is 4.87. The van der Waals surface area contributed by atoms with Crippen molar-refractivity contribution in [3.63, 3.8) is 0 Å². The Bertz CT molecular complexity index is 1200. The van der Waals surface area contributed by atoms with Crippen molar-refractivity contribution < 1.29 is 14.3 Å². The summed E-state index contributed by atoms with van der Waals surface area (Å²) in [5, 5.41) is 7.97. The van der Waals surface area contributed by atoms with E-state index in [4.69, 9.17) is 21.1 Å². The fourth-order valence-corrected chi connectivity index (χ4v) is 3.38. The average molecular weight is 462 g/mol. The van der Waals surface area contributed by atoms with Crippen molar-refractivity contribution in [2.45, 2.75) is 20.1 Å². The Balaban J connectivity index is 1.33. The van der Waals surface area contributed by atoms with Crippen molar-refractivity contribution in [2.24, 2.45) is 0 Å². The summed E-state index contributed by atoms with van der Waals surface area (Å²) in [4.78, 5) is 12.7. The number of nitrogens with zero attached hydrogens (tertiary/aromatic N) is 2. The number of nitrogens with one attached hydrogen (secondary N) is 1. The normalized spacial score (nSPS) is 10.6. The Morgan fingerprint density at radius 1 is 0.939 bits per heavy atom. The molecule has 0 unspecified atom stereocenters. The minimum Gasteiger partial charge on any atom is -0.494 e. The fraction of sp³-hybridized carbons (Fsp3) is 0.154. The maximum Gasteiger partial charge on any atom is 0.256 e. The lowest BCUT2D eigenvalue weighted by atomic mass is 10.1. The summed E-state index contributed by atoms with van der Waals surface area (Å²) in [6.45, 7) is 3.51. The molecule has 0 spiro atoms. The molecule has 6 nitrogen and oxygen atoms in total. The van der Waals surface area contributed by atoms with Crippen LogP contribution in [-0.4, -0.2) is 22.3 Å². The van der Waals surface area contributed by atoms with Gasteiger partial charge in [-0.15, -0.1) is 0 Å². The van der Waals surface area contributed by atoms with E-state index in [1.807, 2.05) is 79.9 Å². The molecule has 1 N–H and O–H groups in total. The van der Waals surface area contributed by atoms with Gasteiger partial charge in [0, 0.05) is 22.8 Å². The molecule has 33 heavy (non-hydrogen) atoms. The van der Waals surface area contributed by atoms with Gasteiger partial charge in [-0.2, -0.15) is 5.10 Å². The van der Waals surface area contributed by atoms with Crippen molar-refractivity contribution >= 4 is 23.3 Å². The Morgan fingerprint density at radius 3 is 2.39 bits per heavy atom. The van der Waals surface area contributed by atoms with Gasteiger partial charge in [0.1, 0.15) is 18.1 Å². The number of rotatable bonds is 9. The van der Waals surface area contributed by atoms with Gasteiger partial charge >= 0.3 is 0 Å². The highest BCUT2D eigenvalue weighted by Gasteiger charge is 2.09. The van der Waals surface area contributed by atoms with Crippen LogP contribution in [0.2, 0.25) is 5.02 Å². The predicted octanol–water partition coefficient (Wildman–Crippen LogP) is 5.81. The number of hydrogen-bond donors (Lipinski definition) is 1. The predicted molar refractivity (Wildman–Crippen MR) is 129 cm³/mol. The number of anilines is 1. The number of ether oxygens (including phenoxy) is 2. The summed E-state index contributed by atoms with van der Waals surface area (Å²) < 4.78 is 13.0. The molecule has 0 radical (unpaired) electrons. The zero-order chi connectivity index (χ0) is 23.0. The van der Waals surface area contributed by atoms with Gasteiger partial charge in [0.05, 0.1) is 13.2 Å². The number of halogens is 1. The van der Waals surface area contributed by atoms with Crippen LogP contribution in [0.5, 0.6) is 11.5 Å². The van der Waals surface area contributed by atoms with Crippen LogP contribution in [0.15, 0.2) is 85.1 Å². The van der Waals surface area contributed by atoms with E-state index in [9.17, 15) is 4.79 Å². The third kappa shape index (κ3) is 6.37. The van der Waals surface area contributed by atoms with Gasteiger partial charge in [-0.3, -0.25) is 9.48 Å². The van der Waals surface area contributed by atoms with Gasteiger partial charge in [-0.05, 0) is 66.6 Å². The van der Waals surface area contributed by atoms with Crippen LogP contribution in [0.1, 0.15) is 28.4 Å². The number of carbonyl (C=O) groups is 1. The number of amides is 1. The highest BCUT2D eigenvalue weighted by molar-refractivity contribution is 6.30. The second-order valence-corrected chi connectivity index (χ2v) is 7.81. The monoisotopic (exact) mass is 461 g/mol. The summed E-state index contributed by atoms with van der Waals surface area (Å²) in [7, 11) is 0. The van der Waals surface area contributed by atoms with Gasteiger partial charge in [0.15, 0.2) is 5.82 Å². The average Bonchev–Trinajstić information content (AvgIpc) is 3.27. The molecule has 1 heterocycles. The quantitative estimate of drug-likeness (QED) is 0.341. The van der Waals surface area contributed by atoms with Crippen molar-refractivity contribution in [2.75, 3.05) is 11.9 Å². The van der Waals surface area contributed by atoms with E-state index in [1.54, 1.807) is 16.8 Å². The maximum atomic E-state index is 12.7. The Labute approximate surface area is 197 Å². The second kappa shape index (κ2) is 10.7. The SMILES string of the molecule is CCOc1ccc(OCc2cccc(C(=O)Nc3ccn(Cc4ccc(Cl)cc4)n3)c2)cc1. The molecule has 0 aliphatic rings. The molecule has 1 aromatic heterocycles. The first-order valence-corrected chi connectivity index (χ1v) is 11.0. The molecule has 3 aromatic carbocycles. The lowest BCUT2D eigenvalue weighted by molar-refractivity contribution is 0.102. The molecule has 0 saturated heterocycles. The standard InChI is InChI=1S/C26H24ClN3O3/c1-2-32-23-10-12-24(13-11-23)33-18-20-4-3-5-21(16-20)26(31)28-25-14-15-30(29-25)17-19-6-8-22(27)9-7-19/h3-16H,2,17-18H2,1H3,(H,28,29,31). The van der Waals surface area contributed by atoms with Crippen molar-refractivity contribution in [1.82, 2.24) is 9.78 Å². The lowest BCUT2D eigenvalue weighted by Crippen LogP contribution is -2.13. The smallest absolute Gasteiger partial charge is 0.256 e. The number of hydrogen-bond acceptors (Lipinski definition) is 4. The molecule has 0 saturated carbocycles. The van der Waals surface area contributed by atoms with Crippen LogP contribution in [0, 0.1) is 0 Å². The second-order valence-electron chi connectivity index (χ2n) is 7.37. The van der Waals surface area contributed by atoms with E-state index in [2.05, 4.69) is 10.4 Å². The molecule has 7 heteroatoms. The van der Waals surface area contributed by atoms with Crippen LogP contribution in [0.25, 0.3) is 0 Å². The first kappa shape index (κ1) is 22.4. The largest absolute Gasteiger partial charge is 0.494 e. The molecule has 0 atom stereocenters. The number of aromatic nitrogens is 2. The van der Waals surface area contributed by atoms with E-state index in [1.165, 1.54) is 0 Å². The van der Waals surface area contributed by atoms with Crippen LogP contribution in [-0.2, 0) is 13.2 Å². The Kier molecular flexibility index (Phi) is 7.27. The number of benzene rings is 3. The van der Waals surface area contributed by atoms with Gasteiger partial charge < -0.3 is 14.8 Å². The third-order valence-corrected chi connectivity index (χ3v) is 5.12. The molecule has 0 bridgehead atoms. The van der Waals surface area contributed by atoms with Gasteiger partial charge in [0.2, 0.25) is 0 Å². The molecular formula is C26H24ClN3O3. The summed E-state index contributed by atoms with van der Waals surface area (Å²) in [5.74, 6) is 1.80. The topological polar surface area (TPSA) is 65.4 Å². The van der Waals surface area contributed by atoms with Gasteiger partial charge in [0.25, 0.3) is 5.91 Å². The Morgan fingerprint density at radius 2 is 1.67 bits per heavy atom. The first-order valence-electron chi connectivity index (χ1n) is 10.6. The van der Waals surface area contributed by atoms with Crippen molar-refractivity contribution in [3.05, 3.63) is 107 Å². The molecular weight excluding hydrogens is 438 g/mol. The first-order chi connectivity index (χ1) is 16.1. The van der Waals surface area contributed by atoms with Crippen molar-refractivity contribution in [1.29, 1.82) is 0 Å². The van der Waals surface area contributed by atoms with E-state index in [0.717, 1.165) is 22.6 Å². The zero-order valence-electron chi connectivity index (χ0n) is 18.2. The minimum atomic E-state index is -0.227. The molecule has 168 valence electrons. The molecule has 4 aromatic rings. The van der Waals surface area contributed by atoms with Crippen LogP contribution in [0.3, 0.4) is 0 Å².